The molecule has 3 rings (SSSR count). The lowest BCUT2D eigenvalue weighted by molar-refractivity contribution is 0.0868. The van der Waals surface area contributed by atoms with E-state index in [9.17, 15) is 4.79 Å². The second kappa shape index (κ2) is 7.79. The molecular formula is C19H21BrN2O2. The van der Waals surface area contributed by atoms with E-state index in [0.717, 1.165) is 47.4 Å². The highest BCUT2D eigenvalue weighted by atomic mass is 79.9. The van der Waals surface area contributed by atoms with Crippen LogP contribution in [0.4, 0.5) is 4.79 Å². The summed E-state index contributed by atoms with van der Waals surface area (Å²) in [6, 6.07) is 13.9. The molecule has 2 heterocycles. The van der Waals surface area contributed by atoms with Crippen LogP contribution in [0.1, 0.15) is 35.7 Å². The molecule has 1 aromatic heterocycles. The van der Waals surface area contributed by atoms with E-state index < -0.39 is 0 Å². The predicted octanol–water partition coefficient (Wildman–Crippen LogP) is 4.67. The standard InChI is InChI=1S/C19H21BrN2O2/c1-14-17(20)7-8-18(21-14)16-9-11-22(12-10-16)19(23)24-13-15-5-3-2-4-6-15/h2-8,16H,9-13H2,1H3. The molecule has 126 valence electrons. The largest absolute Gasteiger partial charge is 0.445 e. The Morgan fingerprint density at radius 2 is 1.92 bits per heavy atom. The molecular weight excluding hydrogens is 368 g/mol. The number of pyridine rings is 1. The van der Waals surface area contributed by atoms with Gasteiger partial charge in [-0.05, 0) is 53.4 Å². The van der Waals surface area contributed by atoms with E-state index in [0.29, 0.717) is 12.5 Å². The van der Waals surface area contributed by atoms with Gasteiger partial charge in [-0.25, -0.2) is 4.79 Å². The highest BCUT2D eigenvalue weighted by Crippen LogP contribution is 2.28. The molecule has 1 saturated heterocycles. The van der Waals surface area contributed by atoms with Gasteiger partial charge in [-0.15, -0.1) is 0 Å². The Kier molecular flexibility index (Phi) is 5.51. The zero-order valence-electron chi connectivity index (χ0n) is 13.7. The third-order valence-electron chi connectivity index (χ3n) is 4.42. The first-order chi connectivity index (χ1) is 11.6. The lowest BCUT2D eigenvalue weighted by Crippen LogP contribution is -2.38. The van der Waals surface area contributed by atoms with Crippen LogP contribution in [0.25, 0.3) is 0 Å². The van der Waals surface area contributed by atoms with Crippen LogP contribution in [0, 0.1) is 6.92 Å². The minimum atomic E-state index is -0.225. The van der Waals surface area contributed by atoms with Crippen LogP contribution in [-0.2, 0) is 11.3 Å². The summed E-state index contributed by atoms with van der Waals surface area (Å²) >= 11 is 3.49. The number of carbonyl (C=O) groups excluding carboxylic acids is 1. The van der Waals surface area contributed by atoms with Crippen molar-refractivity contribution in [2.24, 2.45) is 0 Å². The fraction of sp³-hybridized carbons (Fsp3) is 0.368. The number of piperidine rings is 1. The Hall–Kier alpha value is -1.88. The Morgan fingerprint density at radius 1 is 1.21 bits per heavy atom. The normalized spacial score (nSPS) is 15.3. The van der Waals surface area contributed by atoms with E-state index in [1.54, 1.807) is 4.90 Å². The number of nitrogens with zero attached hydrogens (tertiary/aromatic N) is 2. The Balaban J connectivity index is 1.51. The fourth-order valence-corrected chi connectivity index (χ4v) is 3.18. The number of rotatable bonds is 3. The Morgan fingerprint density at radius 3 is 2.58 bits per heavy atom. The van der Waals surface area contributed by atoms with Gasteiger partial charge in [0, 0.05) is 29.2 Å². The number of carbonyl (C=O) groups is 1. The van der Waals surface area contributed by atoms with Crippen LogP contribution >= 0.6 is 15.9 Å². The lowest BCUT2D eigenvalue weighted by atomic mass is 9.93. The van der Waals surface area contributed by atoms with Crippen molar-refractivity contribution in [1.29, 1.82) is 0 Å². The number of hydrogen-bond donors (Lipinski definition) is 0. The van der Waals surface area contributed by atoms with Gasteiger partial charge in [-0.1, -0.05) is 30.3 Å². The Labute approximate surface area is 151 Å². The van der Waals surface area contributed by atoms with Crippen molar-refractivity contribution in [1.82, 2.24) is 9.88 Å². The molecule has 1 aliphatic heterocycles. The zero-order chi connectivity index (χ0) is 16.9. The molecule has 5 heteroatoms. The smallest absolute Gasteiger partial charge is 0.410 e. The monoisotopic (exact) mass is 388 g/mol. The molecule has 0 aliphatic carbocycles. The molecule has 1 amide bonds. The molecule has 0 N–H and O–H groups in total. The fourth-order valence-electron chi connectivity index (χ4n) is 2.96. The molecule has 0 unspecified atom stereocenters. The topological polar surface area (TPSA) is 42.4 Å². The van der Waals surface area contributed by atoms with Gasteiger partial charge < -0.3 is 9.64 Å². The van der Waals surface area contributed by atoms with Crippen molar-refractivity contribution < 1.29 is 9.53 Å². The predicted molar refractivity (Wildman–Crippen MR) is 96.8 cm³/mol. The first-order valence-electron chi connectivity index (χ1n) is 8.22. The summed E-state index contributed by atoms with van der Waals surface area (Å²) in [6.07, 6.45) is 1.63. The summed E-state index contributed by atoms with van der Waals surface area (Å²) in [5.74, 6) is 0.412. The van der Waals surface area contributed by atoms with Crippen LogP contribution in [0.2, 0.25) is 0 Å². The van der Waals surface area contributed by atoms with Crippen LogP contribution in [-0.4, -0.2) is 29.1 Å². The first kappa shape index (κ1) is 17.0. The summed E-state index contributed by atoms with van der Waals surface area (Å²) in [6.45, 7) is 3.76. The molecule has 0 saturated carbocycles. The average molecular weight is 389 g/mol. The number of halogens is 1. The van der Waals surface area contributed by atoms with Crippen LogP contribution in [0.3, 0.4) is 0 Å². The van der Waals surface area contributed by atoms with Crippen molar-refractivity contribution in [2.75, 3.05) is 13.1 Å². The van der Waals surface area contributed by atoms with Crippen molar-refractivity contribution in [3.8, 4) is 0 Å². The van der Waals surface area contributed by atoms with Crippen LogP contribution < -0.4 is 0 Å². The molecule has 0 spiro atoms. The van der Waals surface area contributed by atoms with Gasteiger partial charge in [-0.2, -0.15) is 0 Å². The summed E-state index contributed by atoms with van der Waals surface area (Å²) in [5.41, 5.74) is 3.14. The van der Waals surface area contributed by atoms with E-state index in [1.807, 2.05) is 37.3 Å². The quantitative estimate of drug-likeness (QED) is 0.766. The van der Waals surface area contributed by atoms with Gasteiger partial charge in [0.25, 0.3) is 0 Å². The molecule has 0 bridgehead atoms. The number of likely N-dealkylation sites (tertiary alicyclic amines) is 1. The molecule has 0 atom stereocenters. The highest BCUT2D eigenvalue weighted by Gasteiger charge is 2.25. The maximum Gasteiger partial charge on any atom is 0.410 e. The van der Waals surface area contributed by atoms with Crippen molar-refractivity contribution >= 4 is 22.0 Å². The average Bonchev–Trinajstić information content (AvgIpc) is 2.63. The number of aromatic nitrogens is 1. The molecule has 1 aromatic carbocycles. The van der Waals surface area contributed by atoms with Crippen molar-refractivity contribution in [3.05, 3.63) is 63.9 Å². The van der Waals surface area contributed by atoms with E-state index in [-0.39, 0.29) is 6.09 Å². The number of ether oxygens (including phenoxy) is 1. The highest BCUT2D eigenvalue weighted by molar-refractivity contribution is 9.10. The van der Waals surface area contributed by atoms with Gasteiger partial charge in [-0.3, -0.25) is 4.98 Å². The molecule has 24 heavy (non-hydrogen) atoms. The van der Waals surface area contributed by atoms with Crippen molar-refractivity contribution in [3.63, 3.8) is 0 Å². The van der Waals surface area contributed by atoms with E-state index in [1.165, 1.54) is 0 Å². The molecule has 4 nitrogen and oxygen atoms in total. The summed E-state index contributed by atoms with van der Waals surface area (Å²) in [4.78, 5) is 18.7. The van der Waals surface area contributed by atoms with E-state index >= 15 is 0 Å². The zero-order valence-corrected chi connectivity index (χ0v) is 15.3. The summed E-state index contributed by atoms with van der Waals surface area (Å²) in [5, 5.41) is 0. The van der Waals surface area contributed by atoms with E-state index in [2.05, 4.69) is 33.0 Å². The van der Waals surface area contributed by atoms with Gasteiger partial charge in [0.1, 0.15) is 6.61 Å². The molecule has 1 fully saturated rings. The number of amides is 1. The van der Waals surface area contributed by atoms with Gasteiger partial charge >= 0.3 is 6.09 Å². The lowest BCUT2D eigenvalue weighted by Gasteiger charge is -2.31. The van der Waals surface area contributed by atoms with Gasteiger partial charge in [0.05, 0.1) is 5.69 Å². The SMILES string of the molecule is Cc1nc(C2CCN(C(=O)OCc3ccccc3)CC2)ccc1Br. The molecule has 1 aliphatic rings. The van der Waals surface area contributed by atoms with E-state index in [4.69, 9.17) is 4.74 Å². The number of benzene rings is 1. The minimum absolute atomic E-state index is 0.225. The van der Waals surface area contributed by atoms with Gasteiger partial charge in [0.15, 0.2) is 0 Å². The van der Waals surface area contributed by atoms with Crippen molar-refractivity contribution in [2.45, 2.75) is 32.3 Å². The third kappa shape index (κ3) is 4.15. The summed E-state index contributed by atoms with van der Waals surface area (Å²) < 4.78 is 6.44. The maximum absolute atomic E-state index is 12.2. The minimum Gasteiger partial charge on any atom is -0.445 e. The molecule has 2 aromatic rings. The Bertz CT molecular complexity index is 698. The maximum atomic E-state index is 12.2. The number of aryl methyl sites for hydroxylation is 1. The van der Waals surface area contributed by atoms with Crippen LogP contribution in [0.15, 0.2) is 46.9 Å². The number of hydrogen-bond acceptors (Lipinski definition) is 3. The second-order valence-electron chi connectivity index (χ2n) is 6.10. The first-order valence-corrected chi connectivity index (χ1v) is 9.01. The van der Waals surface area contributed by atoms with Gasteiger partial charge in [0.2, 0.25) is 0 Å². The third-order valence-corrected chi connectivity index (χ3v) is 5.26. The molecule has 0 radical (unpaired) electrons. The summed E-state index contributed by atoms with van der Waals surface area (Å²) in [7, 11) is 0. The van der Waals surface area contributed by atoms with Crippen LogP contribution in [0.5, 0.6) is 0 Å². The second-order valence-corrected chi connectivity index (χ2v) is 6.96.